The van der Waals surface area contributed by atoms with E-state index in [9.17, 15) is 14.7 Å². The molecule has 2 unspecified atom stereocenters. The number of nitrogens with one attached hydrogen (secondary N) is 1. The van der Waals surface area contributed by atoms with Gasteiger partial charge in [0.05, 0.1) is 17.4 Å². The quantitative estimate of drug-likeness (QED) is 0.563. The van der Waals surface area contributed by atoms with Gasteiger partial charge in [-0.15, -0.1) is 0 Å². The number of carbonyl (C=O) groups excluding carboxylic acids is 2. The molecule has 2 aromatic rings. The molecule has 1 aliphatic rings. The summed E-state index contributed by atoms with van der Waals surface area (Å²) in [5.74, 6) is -2.19. The fourth-order valence-corrected chi connectivity index (χ4v) is 3.04. The van der Waals surface area contributed by atoms with Crippen molar-refractivity contribution in [3.05, 3.63) is 54.1 Å². The van der Waals surface area contributed by atoms with Crippen LogP contribution in [0.4, 0.5) is 0 Å². The predicted octanol–water partition coefficient (Wildman–Crippen LogP) is -3.21. The van der Waals surface area contributed by atoms with Gasteiger partial charge in [0.1, 0.15) is 0 Å². The molecule has 3 rings (SSSR count). The van der Waals surface area contributed by atoms with Crippen LogP contribution in [-0.2, 0) is 28.5 Å². The minimum Gasteiger partial charge on any atom is -0.550 e. The first kappa shape index (κ1) is 18.7. The summed E-state index contributed by atoms with van der Waals surface area (Å²) in [5, 5.41) is 14.1. The van der Waals surface area contributed by atoms with Crippen molar-refractivity contribution >= 4 is 11.9 Å². The number of imidazole rings is 1. The van der Waals surface area contributed by atoms with Crippen molar-refractivity contribution < 1.29 is 44.3 Å². The molecule has 0 spiro atoms. The molecule has 7 heteroatoms. The second-order valence-corrected chi connectivity index (χ2v) is 5.95. The number of benzene rings is 1. The van der Waals surface area contributed by atoms with Crippen LogP contribution in [0.25, 0.3) is 0 Å². The van der Waals surface area contributed by atoms with Crippen molar-refractivity contribution in [2.24, 2.45) is 13.0 Å². The molecule has 1 aliphatic carbocycles. The maximum atomic E-state index is 12.6. The molecule has 1 aromatic carbocycles. The van der Waals surface area contributed by atoms with Gasteiger partial charge in [0.2, 0.25) is 5.91 Å². The van der Waals surface area contributed by atoms with Gasteiger partial charge in [0, 0.05) is 38.1 Å². The van der Waals surface area contributed by atoms with Gasteiger partial charge in [0.15, 0.2) is 0 Å². The number of aromatic nitrogens is 2. The molecule has 0 aliphatic heterocycles. The molecule has 1 heterocycles. The third-order valence-electron chi connectivity index (χ3n) is 4.36. The van der Waals surface area contributed by atoms with Crippen LogP contribution in [0.2, 0.25) is 0 Å². The van der Waals surface area contributed by atoms with E-state index in [0.29, 0.717) is 13.0 Å². The zero-order valence-corrected chi connectivity index (χ0v) is 15.9. The second kappa shape index (κ2) is 7.51. The van der Waals surface area contributed by atoms with Crippen molar-refractivity contribution in [1.82, 2.24) is 14.9 Å². The molecule has 1 fully saturated rings. The van der Waals surface area contributed by atoms with Crippen LogP contribution >= 0.6 is 0 Å². The van der Waals surface area contributed by atoms with Gasteiger partial charge < -0.3 is 19.8 Å². The minimum absolute atomic E-state index is 0. The Morgan fingerprint density at radius 2 is 2.08 bits per heavy atom. The van der Waals surface area contributed by atoms with Gasteiger partial charge in [-0.2, -0.15) is 0 Å². The molecule has 2 atom stereocenters. The van der Waals surface area contributed by atoms with Gasteiger partial charge in [-0.25, -0.2) is 4.98 Å². The smallest absolute Gasteiger partial charge is 0.550 e. The minimum atomic E-state index is -1.17. The average Bonchev–Trinajstić information content (AvgIpc) is 3.19. The molecule has 120 valence electrons. The number of amides is 1. The molecule has 1 amide bonds. The third kappa shape index (κ3) is 3.55. The Bertz CT molecular complexity index is 732. The standard InChI is InChI=1S/C17H19N3O3.Na/c1-20-10-13(19-11-20)7-8-18-16(23)17(9-14(17)15(21)22)12-5-3-2-4-6-12;/h2-6,10-11,14H,7-9H2,1H3,(H,18,23)(H,21,22);/q;+1/p-1. The van der Waals surface area contributed by atoms with Crippen LogP contribution in [0.1, 0.15) is 17.7 Å². The predicted molar refractivity (Wildman–Crippen MR) is 81.2 cm³/mol. The molecule has 1 aromatic heterocycles. The maximum absolute atomic E-state index is 12.6. The molecule has 0 radical (unpaired) electrons. The Labute approximate surface area is 162 Å². The molecule has 6 nitrogen and oxygen atoms in total. The summed E-state index contributed by atoms with van der Waals surface area (Å²) >= 11 is 0. The molecule has 0 bridgehead atoms. The number of nitrogens with zero attached hydrogens (tertiary/aromatic N) is 2. The normalized spacial score (nSPS) is 21.6. The molecule has 24 heavy (non-hydrogen) atoms. The van der Waals surface area contributed by atoms with Gasteiger partial charge >= 0.3 is 29.6 Å². The summed E-state index contributed by atoms with van der Waals surface area (Å²) in [5.41, 5.74) is 0.614. The van der Waals surface area contributed by atoms with Crippen LogP contribution in [0.5, 0.6) is 0 Å². The summed E-state index contributed by atoms with van der Waals surface area (Å²) in [6.45, 7) is 0.421. The van der Waals surface area contributed by atoms with Gasteiger partial charge in [-0.1, -0.05) is 30.3 Å². The maximum Gasteiger partial charge on any atom is 1.00 e. The van der Waals surface area contributed by atoms with Crippen LogP contribution in [0.3, 0.4) is 0 Å². The van der Waals surface area contributed by atoms with Crippen LogP contribution in [0.15, 0.2) is 42.9 Å². The first-order valence-corrected chi connectivity index (χ1v) is 7.55. The number of carboxylic acids is 1. The van der Waals surface area contributed by atoms with Gasteiger partial charge in [0.25, 0.3) is 0 Å². The summed E-state index contributed by atoms with van der Waals surface area (Å²) in [4.78, 5) is 28.1. The topological polar surface area (TPSA) is 87.0 Å². The van der Waals surface area contributed by atoms with E-state index in [-0.39, 0.29) is 41.9 Å². The Kier molecular flexibility index (Phi) is 5.85. The third-order valence-corrected chi connectivity index (χ3v) is 4.36. The van der Waals surface area contributed by atoms with Crippen molar-refractivity contribution in [2.75, 3.05) is 6.54 Å². The van der Waals surface area contributed by atoms with E-state index in [1.807, 2.05) is 36.0 Å². The first-order valence-electron chi connectivity index (χ1n) is 7.55. The number of hydrogen-bond donors (Lipinski definition) is 1. The SMILES string of the molecule is Cn1cnc(CCNC(=O)C2(c3ccccc3)CC2C(=O)[O-])c1.[Na+]. The van der Waals surface area contributed by atoms with Crippen LogP contribution in [0, 0.1) is 5.92 Å². The number of rotatable bonds is 6. The molecular formula is C17H18N3NaO3. The van der Waals surface area contributed by atoms with E-state index in [1.165, 1.54) is 0 Å². The Hall–Kier alpha value is -1.63. The number of aryl methyl sites for hydroxylation is 1. The van der Waals surface area contributed by atoms with Crippen molar-refractivity contribution in [2.45, 2.75) is 18.3 Å². The second-order valence-electron chi connectivity index (χ2n) is 5.95. The first-order chi connectivity index (χ1) is 11.0. The average molecular weight is 335 g/mol. The van der Waals surface area contributed by atoms with Crippen LogP contribution in [-0.4, -0.2) is 28.0 Å². The fourth-order valence-electron chi connectivity index (χ4n) is 3.04. The summed E-state index contributed by atoms with van der Waals surface area (Å²) < 4.78 is 1.84. The van der Waals surface area contributed by atoms with Crippen molar-refractivity contribution in [3.63, 3.8) is 0 Å². The van der Waals surface area contributed by atoms with Crippen LogP contribution < -0.4 is 40.0 Å². The number of carboxylic acid groups (broad SMARTS) is 1. The van der Waals surface area contributed by atoms with Gasteiger partial charge in [-0.3, -0.25) is 4.79 Å². The van der Waals surface area contributed by atoms with Gasteiger partial charge in [-0.05, 0) is 12.0 Å². The van der Waals surface area contributed by atoms with E-state index in [4.69, 9.17) is 0 Å². The molecule has 1 N–H and O–H groups in total. The van der Waals surface area contributed by atoms with E-state index in [1.54, 1.807) is 18.5 Å². The van der Waals surface area contributed by atoms with Crippen molar-refractivity contribution in [1.29, 1.82) is 0 Å². The van der Waals surface area contributed by atoms with E-state index < -0.39 is 17.3 Å². The zero-order chi connectivity index (χ0) is 16.4. The summed E-state index contributed by atoms with van der Waals surface area (Å²) in [6.07, 6.45) is 4.48. The van der Waals surface area contributed by atoms with Crippen molar-refractivity contribution in [3.8, 4) is 0 Å². The number of aliphatic carboxylic acids is 1. The monoisotopic (exact) mass is 335 g/mol. The Balaban J connectivity index is 0.00000208. The fraction of sp³-hybridized carbons (Fsp3) is 0.353. The van der Waals surface area contributed by atoms with E-state index in [2.05, 4.69) is 10.3 Å². The van der Waals surface area contributed by atoms with E-state index in [0.717, 1.165) is 11.3 Å². The van der Waals surface area contributed by atoms with E-state index >= 15 is 0 Å². The summed E-state index contributed by atoms with van der Waals surface area (Å²) in [7, 11) is 1.88. The summed E-state index contributed by atoms with van der Waals surface area (Å²) in [6, 6.07) is 9.04. The molecule has 0 saturated heterocycles. The number of hydrogen-bond acceptors (Lipinski definition) is 4. The zero-order valence-electron chi connectivity index (χ0n) is 13.9. The largest absolute Gasteiger partial charge is 1.00 e. The number of carbonyl (C=O) groups is 2. The molecule has 1 saturated carbocycles. The Morgan fingerprint density at radius 1 is 1.38 bits per heavy atom. The molecular weight excluding hydrogens is 317 g/mol. The Morgan fingerprint density at radius 3 is 2.62 bits per heavy atom.